The van der Waals surface area contributed by atoms with E-state index < -0.39 is 9.84 Å². The van der Waals surface area contributed by atoms with Gasteiger partial charge in [0.05, 0.1) is 30.9 Å². The summed E-state index contributed by atoms with van der Waals surface area (Å²) in [6, 6.07) is 7.47. The third-order valence-corrected chi connectivity index (χ3v) is 7.67. The van der Waals surface area contributed by atoms with E-state index in [1.165, 1.54) is 4.88 Å². The molecule has 26 heavy (non-hydrogen) atoms. The number of rotatable bonds is 7. The summed E-state index contributed by atoms with van der Waals surface area (Å²) in [4.78, 5) is 17.9. The predicted molar refractivity (Wildman–Crippen MR) is 102 cm³/mol. The second-order valence-electron chi connectivity index (χ2n) is 6.76. The molecule has 6 nitrogen and oxygen atoms in total. The molecule has 0 N–H and O–H groups in total. The summed E-state index contributed by atoms with van der Waals surface area (Å²) in [6.07, 6.45) is 2.05. The van der Waals surface area contributed by atoms with Gasteiger partial charge in [-0.3, -0.25) is 9.69 Å². The molecule has 0 radical (unpaired) electrons. The SMILES string of the molecule is C[C@@H](c1cccs1)N(C)CC(=O)N(Cc1ccco1)[C@H]1CCS(=O)(=O)C1. The lowest BCUT2D eigenvalue weighted by molar-refractivity contribution is -0.135. The van der Waals surface area contributed by atoms with Gasteiger partial charge in [0, 0.05) is 17.0 Å². The fourth-order valence-corrected chi connectivity index (χ4v) is 5.78. The van der Waals surface area contributed by atoms with Crippen LogP contribution in [0.2, 0.25) is 0 Å². The number of amides is 1. The van der Waals surface area contributed by atoms with E-state index in [0.717, 1.165) is 0 Å². The summed E-state index contributed by atoms with van der Waals surface area (Å²) in [5.74, 6) is 0.760. The molecular weight excluding hydrogens is 372 g/mol. The van der Waals surface area contributed by atoms with Gasteiger partial charge in [0.15, 0.2) is 9.84 Å². The molecule has 1 aliphatic rings. The van der Waals surface area contributed by atoms with Gasteiger partial charge in [0.1, 0.15) is 5.76 Å². The molecule has 1 amide bonds. The van der Waals surface area contributed by atoms with E-state index in [4.69, 9.17) is 4.42 Å². The number of furan rings is 1. The topological polar surface area (TPSA) is 70.8 Å². The normalized spacial score (nSPS) is 20.3. The van der Waals surface area contributed by atoms with Crippen LogP contribution in [0.5, 0.6) is 0 Å². The van der Waals surface area contributed by atoms with Crippen molar-refractivity contribution in [1.29, 1.82) is 0 Å². The highest BCUT2D eigenvalue weighted by Crippen LogP contribution is 2.25. The van der Waals surface area contributed by atoms with Gasteiger partial charge < -0.3 is 9.32 Å². The van der Waals surface area contributed by atoms with Crippen LogP contribution in [0.3, 0.4) is 0 Å². The minimum absolute atomic E-state index is 0.0314. The quantitative estimate of drug-likeness (QED) is 0.719. The molecule has 3 rings (SSSR count). The van der Waals surface area contributed by atoms with Crippen molar-refractivity contribution < 1.29 is 17.6 Å². The Balaban J connectivity index is 1.72. The van der Waals surface area contributed by atoms with E-state index in [9.17, 15) is 13.2 Å². The van der Waals surface area contributed by atoms with E-state index in [2.05, 4.69) is 13.0 Å². The summed E-state index contributed by atoms with van der Waals surface area (Å²) in [7, 11) is -1.15. The van der Waals surface area contributed by atoms with Gasteiger partial charge in [-0.1, -0.05) is 6.07 Å². The third-order valence-electron chi connectivity index (χ3n) is 4.88. The molecular formula is C18H24N2O4S2. The van der Waals surface area contributed by atoms with Crippen LogP contribution in [-0.4, -0.2) is 55.3 Å². The number of hydrogen-bond acceptors (Lipinski definition) is 6. The predicted octanol–water partition coefficient (Wildman–Crippen LogP) is 2.55. The summed E-state index contributed by atoms with van der Waals surface area (Å²) in [5, 5.41) is 2.02. The van der Waals surface area contributed by atoms with Crippen molar-refractivity contribution in [3.63, 3.8) is 0 Å². The number of thiophene rings is 1. The summed E-state index contributed by atoms with van der Waals surface area (Å²) < 4.78 is 29.2. The Bertz CT molecular complexity index is 816. The fraction of sp³-hybridized carbons (Fsp3) is 0.500. The van der Waals surface area contributed by atoms with Crippen LogP contribution in [0.4, 0.5) is 0 Å². The van der Waals surface area contributed by atoms with Crippen molar-refractivity contribution in [1.82, 2.24) is 9.80 Å². The molecule has 0 spiro atoms. The maximum Gasteiger partial charge on any atom is 0.237 e. The molecule has 8 heteroatoms. The Labute approximate surface area is 158 Å². The fourth-order valence-electron chi connectivity index (χ4n) is 3.20. The zero-order chi connectivity index (χ0) is 18.7. The first-order valence-electron chi connectivity index (χ1n) is 8.61. The summed E-state index contributed by atoms with van der Waals surface area (Å²) >= 11 is 1.66. The van der Waals surface area contributed by atoms with E-state index in [1.807, 2.05) is 29.5 Å². The van der Waals surface area contributed by atoms with Gasteiger partial charge in [0.2, 0.25) is 5.91 Å². The molecule has 0 aromatic carbocycles. The summed E-state index contributed by atoms with van der Waals surface area (Å²) in [5.41, 5.74) is 0. The highest BCUT2D eigenvalue weighted by Gasteiger charge is 2.35. The van der Waals surface area contributed by atoms with Gasteiger partial charge in [-0.15, -0.1) is 11.3 Å². The molecule has 142 valence electrons. The smallest absolute Gasteiger partial charge is 0.237 e. The van der Waals surface area contributed by atoms with Crippen LogP contribution >= 0.6 is 11.3 Å². The van der Waals surface area contributed by atoms with E-state index >= 15 is 0 Å². The van der Waals surface area contributed by atoms with Gasteiger partial charge in [-0.05, 0) is 44.0 Å². The van der Waals surface area contributed by atoms with E-state index in [-0.39, 0.29) is 36.0 Å². The number of sulfone groups is 1. The van der Waals surface area contributed by atoms with Gasteiger partial charge in [0.25, 0.3) is 0 Å². The van der Waals surface area contributed by atoms with Gasteiger partial charge in [-0.25, -0.2) is 8.42 Å². The lowest BCUT2D eigenvalue weighted by Crippen LogP contribution is -2.45. The number of likely N-dealkylation sites (N-methyl/N-ethyl adjacent to an activating group) is 1. The molecule has 0 unspecified atom stereocenters. The average molecular weight is 397 g/mol. The Morgan fingerprint density at radius 2 is 2.19 bits per heavy atom. The van der Waals surface area contributed by atoms with Crippen LogP contribution < -0.4 is 0 Å². The maximum atomic E-state index is 13.0. The van der Waals surface area contributed by atoms with E-state index in [0.29, 0.717) is 18.7 Å². The van der Waals surface area contributed by atoms with Crippen LogP contribution in [0.15, 0.2) is 40.3 Å². The molecule has 3 heterocycles. The molecule has 0 bridgehead atoms. The Hall–Kier alpha value is -1.64. The van der Waals surface area contributed by atoms with Crippen molar-refractivity contribution in [2.75, 3.05) is 25.1 Å². The molecule has 2 atom stereocenters. The van der Waals surface area contributed by atoms with Gasteiger partial charge >= 0.3 is 0 Å². The van der Waals surface area contributed by atoms with Crippen LogP contribution in [0.1, 0.15) is 30.0 Å². The number of carbonyl (C=O) groups is 1. The van der Waals surface area contributed by atoms with Crippen molar-refractivity contribution >= 4 is 27.1 Å². The zero-order valence-electron chi connectivity index (χ0n) is 15.0. The second kappa shape index (κ2) is 7.94. The van der Waals surface area contributed by atoms with Crippen LogP contribution in [-0.2, 0) is 21.2 Å². The molecule has 0 saturated carbocycles. The number of nitrogens with zero attached hydrogens (tertiary/aromatic N) is 2. The van der Waals surface area contributed by atoms with E-state index in [1.54, 1.807) is 28.6 Å². The highest BCUT2D eigenvalue weighted by atomic mass is 32.2. The zero-order valence-corrected chi connectivity index (χ0v) is 16.6. The van der Waals surface area contributed by atoms with Crippen molar-refractivity contribution in [2.45, 2.75) is 32.0 Å². The highest BCUT2D eigenvalue weighted by molar-refractivity contribution is 7.91. The van der Waals surface area contributed by atoms with Crippen molar-refractivity contribution in [3.05, 3.63) is 46.5 Å². The first-order valence-corrected chi connectivity index (χ1v) is 11.3. The summed E-state index contributed by atoms with van der Waals surface area (Å²) in [6.45, 7) is 2.60. The minimum Gasteiger partial charge on any atom is -0.467 e. The van der Waals surface area contributed by atoms with Crippen LogP contribution in [0.25, 0.3) is 0 Å². The largest absolute Gasteiger partial charge is 0.467 e. The molecule has 0 aliphatic carbocycles. The molecule has 1 fully saturated rings. The van der Waals surface area contributed by atoms with Crippen molar-refractivity contribution in [2.24, 2.45) is 0 Å². The first kappa shape index (κ1) is 19.1. The van der Waals surface area contributed by atoms with Crippen molar-refractivity contribution in [3.8, 4) is 0 Å². The number of carbonyl (C=O) groups excluding carboxylic acids is 1. The van der Waals surface area contributed by atoms with Gasteiger partial charge in [-0.2, -0.15) is 0 Å². The lowest BCUT2D eigenvalue weighted by atomic mass is 10.2. The standard InChI is InChI=1S/C18H24N2O4S2/c1-14(17-6-4-9-25-17)19(2)12-18(21)20(11-16-5-3-8-24-16)15-7-10-26(22,23)13-15/h3-6,8-9,14-15H,7,10-13H2,1-2H3/t14-,15-/m0/s1. The lowest BCUT2D eigenvalue weighted by Gasteiger charge is -2.31. The molecule has 1 saturated heterocycles. The molecule has 2 aromatic rings. The average Bonchev–Trinajstić information content (AvgIpc) is 3.33. The first-order chi connectivity index (χ1) is 12.4. The Morgan fingerprint density at radius 1 is 1.38 bits per heavy atom. The third kappa shape index (κ3) is 4.55. The molecule has 1 aliphatic heterocycles. The maximum absolute atomic E-state index is 13.0. The molecule has 2 aromatic heterocycles. The van der Waals surface area contributed by atoms with Crippen LogP contribution in [0, 0.1) is 0 Å². The minimum atomic E-state index is -3.07. The number of hydrogen-bond donors (Lipinski definition) is 0. The Kier molecular flexibility index (Phi) is 5.84. The monoisotopic (exact) mass is 396 g/mol. The Morgan fingerprint density at radius 3 is 2.77 bits per heavy atom. The second-order valence-corrected chi connectivity index (χ2v) is 9.97.